The van der Waals surface area contributed by atoms with Crippen molar-refractivity contribution in [2.24, 2.45) is 0 Å². The van der Waals surface area contributed by atoms with Crippen LogP contribution in [0.5, 0.6) is 0 Å². The van der Waals surface area contributed by atoms with E-state index in [2.05, 4.69) is 24.1 Å². The summed E-state index contributed by atoms with van der Waals surface area (Å²) in [7, 11) is 0. The van der Waals surface area contributed by atoms with Crippen molar-refractivity contribution in [3.05, 3.63) is 17.8 Å². The molecule has 0 aromatic carbocycles. The van der Waals surface area contributed by atoms with Gasteiger partial charge in [0.1, 0.15) is 6.26 Å². The third-order valence-corrected chi connectivity index (χ3v) is 4.52. The number of amides is 2. The Kier molecular flexibility index (Phi) is 9.24. The van der Waals surface area contributed by atoms with E-state index >= 15 is 0 Å². The SMILES string of the molecule is CCCCCC(=O)N(Cc1nc(C(=O)N[C@H](C)CC)co1)[C@@H](C)CC. The van der Waals surface area contributed by atoms with Crippen LogP contribution in [0.3, 0.4) is 0 Å². The summed E-state index contributed by atoms with van der Waals surface area (Å²) in [5.74, 6) is 0.277. The Morgan fingerprint density at radius 2 is 1.92 bits per heavy atom. The van der Waals surface area contributed by atoms with Gasteiger partial charge in [-0.2, -0.15) is 0 Å². The van der Waals surface area contributed by atoms with Gasteiger partial charge in [0.25, 0.3) is 5.91 Å². The van der Waals surface area contributed by atoms with Gasteiger partial charge in [-0.15, -0.1) is 0 Å². The van der Waals surface area contributed by atoms with E-state index in [-0.39, 0.29) is 29.6 Å². The largest absolute Gasteiger partial charge is 0.446 e. The smallest absolute Gasteiger partial charge is 0.273 e. The Morgan fingerprint density at radius 3 is 2.52 bits per heavy atom. The van der Waals surface area contributed by atoms with E-state index < -0.39 is 0 Å². The minimum absolute atomic E-state index is 0.0874. The zero-order chi connectivity index (χ0) is 18.8. The molecule has 0 spiro atoms. The third-order valence-electron chi connectivity index (χ3n) is 4.52. The van der Waals surface area contributed by atoms with Gasteiger partial charge in [-0.05, 0) is 33.1 Å². The summed E-state index contributed by atoms with van der Waals surface area (Å²) in [5, 5.41) is 2.86. The Balaban J connectivity index is 2.74. The Bertz CT molecular complexity index is 542. The third kappa shape index (κ3) is 6.88. The number of rotatable bonds is 11. The summed E-state index contributed by atoms with van der Waals surface area (Å²) in [6, 6.07) is 0.197. The molecular weight excluding hydrogens is 318 g/mol. The number of hydrogen-bond donors (Lipinski definition) is 1. The summed E-state index contributed by atoms with van der Waals surface area (Å²) < 4.78 is 5.44. The molecule has 0 saturated heterocycles. The van der Waals surface area contributed by atoms with E-state index in [1.54, 1.807) is 4.90 Å². The van der Waals surface area contributed by atoms with Crippen LogP contribution in [0.2, 0.25) is 0 Å². The number of nitrogens with zero attached hydrogens (tertiary/aromatic N) is 2. The quantitative estimate of drug-likeness (QED) is 0.613. The number of nitrogens with one attached hydrogen (secondary N) is 1. The van der Waals surface area contributed by atoms with Crippen LogP contribution in [0.15, 0.2) is 10.7 Å². The lowest BCUT2D eigenvalue weighted by Gasteiger charge is -2.27. The number of aromatic nitrogens is 1. The van der Waals surface area contributed by atoms with Gasteiger partial charge >= 0.3 is 0 Å². The van der Waals surface area contributed by atoms with E-state index in [1.807, 2.05) is 20.8 Å². The summed E-state index contributed by atoms with van der Waals surface area (Å²) in [6.45, 7) is 10.5. The monoisotopic (exact) mass is 351 g/mol. The van der Waals surface area contributed by atoms with Gasteiger partial charge in [0.05, 0.1) is 6.54 Å². The molecule has 0 saturated carbocycles. The second-order valence-corrected chi connectivity index (χ2v) is 6.65. The number of oxazole rings is 1. The number of carbonyl (C=O) groups is 2. The first kappa shape index (κ1) is 21.2. The maximum absolute atomic E-state index is 12.5. The molecule has 0 aliphatic rings. The molecule has 0 fully saturated rings. The van der Waals surface area contributed by atoms with Crippen molar-refractivity contribution < 1.29 is 14.0 Å². The van der Waals surface area contributed by atoms with Crippen molar-refractivity contribution >= 4 is 11.8 Å². The molecule has 2 atom stereocenters. The zero-order valence-corrected chi connectivity index (χ0v) is 16.3. The average Bonchev–Trinajstić information content (AvgIpc) is 3.07. The number of hydrogen-bond acceptors (Lipinski definition) is 4. The van der Waals surface area contributed by atoms with Gasteiger partial charge in [0, 0.05) is 18.5 Å². The van der Waals surface area contributed by atoms with Crippen LogP contribution in [0.1, 0.15) is 89.5 Å². The molecule has 1 rings (SSSR count). The lowest BCUT2D eigenvalue weighted by Crippen LogP contribution is -2.37. The highest BCUT2D eigenvalue weighted by atomic mass is 16.3. The van der Waals surface area contributed by atoms with Crippen LogP contribution in [0.4, 0.5) is 0 Å². The molecule has 25 heavy (non-hydrogen) atoms. The summed E-state index contributed by atoms with van der Waals surface area (Å²) in [6.07, 6.45) is 6.66. The Labute approximate surface area is 151 Å². The molecule has 1 N–H and O–H groups in total. The van der Waals surface area contributed by atoms with E-state index in [4.69, 9.17) is 4.42 Å². The molecular formula is C19H33N3O3. The molecule has 1 aromatic rings. The number of carbonyl (C=O) groups excluding carboxylic acids is 2. The highest BCUT2D eigenvalue weighted by molar-refractivity contribution is 5.92. The van der Waals surface area contributed by atoms with E-state index in [0.717, 1.165) is 32.1 Å². The standard InChI is InChI=1S/C19H33N3O3/c1-6-9-10-11-18(23)22(15(5)8-3)12-17-21-16(13-25-17)19(24)20-14(4)7-2/h13-15H,6-12H2,1-5H3,(H,20,24)/t14-,15+/m1/s1. The fourth-order valence-electron chi connectivity index (χ4n) is 2.41. The van der Waals surface area contributed by atoms with Crippen molar-refractivity contribution in [1.82, 2.24) is 15.2 Å². The molecule has 0 aliphatic carbocycles. The van der Waals surface area contributed by atoms with Gasteiger partial charge < -0.3 is 14.6 Å². The fraction of sp³-hybridized carbons (Fsp3) is 0.737. The normalized spacial score (nSPS) is 13.3. The van der Waals surface area contributed by atoms with E-state index in [9.17, 15) is 9.59 Å². The lowest BCUT2D eigenvalue weighted by molar-refractivity contribution is -0.134. The second kappa shape index (κ2) is 10.9. The molecule has 1 aromatic heterocycles. The first-order chi connectivity index (χ1) is 11.9. The minimum atomic E-state index is -0.242. The van der Waals surface area contributed by atoms with E-state index in [1.165, 1.54) is 6.26 Å². The maximum atomic E-state index is 12.5. The van der Waals surface area contributed by atoms with Crippen LogP contribution in [-0.4, -0.2) is 33.8 Å². The first-order valence-corrected chi connectivity index (χ1v) is 9.47. The van der Waals surface area contributed by atoms with Crippen molar-refractivity contribution in [1.29, 1.82) is 0 Å². The molecule has 6 heteroatoms. The Morgan fingerprint density at radius 1 is 1.20 bits per heavy atom. The molecule has 0 unspecified atom stereocenters. The predicted molar refractivity (Wildman–Crippen MR) is 98.2 cm³/mol. The fourth-order valence-corrected chi connectivity index (χ4v) is 2.41. The van der Waals surface area contributed by atoms with Crippen LogP contribution in [0, 0.1) is 0 Å². The van der Waals surface area contributed by atoms with Crippen LogP contribution in [0.25, 0.3) is 0 Å². The van der Waals surface area contributed by atoms with E-state index in [0.29, 0.717) is 18.9 Å². The summed E-state index contributed by atoms with van der Waals surface area (Å²) in [4.78, 5) is 30.7. The van der Waals surface area contributed by atoms with Crippen molar-refractivity contribution in [3.8, 4) is 0 Å². The predicted octanol–water partition coefficient (Wildman–Crippen LogP) is 3.91. The molecule has 1 heterocycles. The highest BCUT2D eigenvalue weighted by Crippen LogP contribution is 2.14. The molecule has 0 bridgehead atoms. The summed E-state index contributed by atoms with van der Waals surface area (Å²) >= 11 is 0. The topological polar surface area (TPSA) is 75.4 Å². The van der Waals surface area contributed by atoms with Crippen molar-refractivity contribution in [2.75, 3.05) is 0 Å². The molecule has 6 nitrogen and oxygen atoms in total. The van der Waals surface area contributed by atoms with Crippen LogP contribution >= 0.6 is 0 Å². The molecule has 0 aliphatic heterocycles. The zero-order valence-electron chi connectivity index (χ0n) is 16.3. The molecule has 142 valence electrons. The van der Waals surface area contributed by atoms with Gasteiger partial charge in [0.2, 0.25) is 11.8 Å². The highest BCUT2D eigenvalue weighted by Gasteiger charge is 2.22. The molecule has 2 amide bonds. The summed E-state index contributed by atoms with van der Waals surface area (Å²) in [5.41, 5.74) is 0.262. The first-order valence-electron chi connectivity index (χ1n) is 9.47. The van der Waals surface area contributed by atoms with Gasteiger partial charge in [-0.25, -0.2) is 4.98 Å². The van der Waals surface area contributed by atoms with Crippen LogP contribution < -0.4 is 5.32 Å². The van der Waals surface area contributed by atoms with Gasteiger partial charge in [0.15, 0.2) is 5.69 Å². The van der Waals surface area contributed by atoms with Crippen molar-refractivity contribution in [2.45, 2.75) is 91.8 Å². The van der Waals surface area contributed by atoms with Crippen molar-refractivity contribution in [3.63, 3.8) is 0 Å². The Hall–Kier alpha value is -1.85. The average molecular weight is 351 g/mol. The van der Waals surface area contributed by atoms with Crippen LogP contribution in [-0.2, 0) is 11.3 Å². The second-order valence-electron chi connectivity index (χ2n) is 6.65. The molecule has 0 radical (unpaired) electrons. The van der Waals surface area contributed by atoms with Gasteiger partial charge in [-0.3, -0.25) is 9.59 Å². The van der Waals surface area contributed by atoms with Gasteiger partial charge in [-0.1, -0.05) is 33.6 Å². The minimum Gasteiger partial charge on any atom is -0.446 e. The number of unbranched alkanes of at least 4 members (excludes halogenated alkanes) is 2. The lowest BCUT2D eigenvalue weighted by atomic mass is 10.1. The maximum Gasteiger partial charge on any atom is 0.273 e.